The molecule has 148 valence electrons. The molecule has 2 aromatic carbocycles. The van der Waals surface area contributed by atoms with Gasteiger partial charge in [0.2, 0.25) is 0 Å². The Hall–Kier alpha value is -2.77. The Kier molecular flexibility index (Phi) is 6.00. The lowest BCUT2D eigenvalue weighted by atomic mass is 9.87. The summed E-state index contributed by atoms with van der Waals surface area (Å²) in [5.74, 6) is -0.794. The summed E-state index contributed by atoms with van der Waals surface area (Å²) >= 11 is 6.37. The van der Waals surface area contributed by atoms with Crippen LogP contribution in [0.3, 0.4) is 0 Å². The van der Waals surface area contributed by atoms with E-state index in [1.165, 1.54) is 0 Å². The van der Waals surface area contributed by atoms with E-state index in [2.05, 4.69) is 26.2 Å². The maximum Gasteiger partial charge on any atom is 0.285 e. The van der Waals surface area contributed by atoms with Crippen LogP contribution in [0.1, 0.15) is 52.6 Å². The third-order valence-electron chi connectivity index (χ3n) is 4.39. The largest absolute Gasteiger partial charge is 0.298 e. The average Bonchev–Trinajstić information content (AvgIpc) is 2.95. The van der Waals surface area contributed by atoms with Crippen molar-refractivity contribution in [2.24, 2.45) is 0 Å². The summed E-state index contributed by atoms with van der Waals surface area (Å²) in [6.45, 7) is 6.29. The molecule has 0 atom stereocenters. The third kappa shape index (κ3) is 4.81. The fourth-order valence-electron chi connectivity index (χ4n) is 2.67. The molecule has 1 N–H and O–H groups in total. The fourth-order valence-corrected chi connectivity index (χ4v) is 3.85. The van der Waals surface area contributed by atoms with E-state index in [4.69, 9.17) is 12.2 Å². The quantitative estimate of drug-likeness (QED) is 0.449. The van der Waals surface area contributed by atoms with Gasteiger partial charge in [0, 0.05) is 11.1 Å². The van der Waals surface area contributed by atoms with Crippen molar-refractivity contribution in [3.05, 3.63) is 75.7 Å². The number of amides is 2. The van der Waals surface area contributed by atoms with Gasteiger partial charge in [-0.3, -0.25) is 19.8 Å². The van der Waals surface area contributed by atoms with Crippen LogP contribution in [0.5, 0.6) is 0 Å². The van der Waals surface area contributed by atoms with Gasteiger partial charge in [0.15, 0.2) is 4.32 Å². The monoisotopic (exact) mass is 424 g/mol. The Morgan fingerprint density at radius 1 is 1.03 bits per heavy atom. The summed E-state index contributed by atoms with van der Waals surface area (Å²) in [6, 6.07) is 14.1. The van der Waals surface area contributed by atoms with E-state index in [1.807, 2.05) is 12.1 Å². The molecule has 0 bridgehead atoms. The molecule has 1 heterocycles. The number of nitrogens with one attached hydrogen (secondary N) is 1. The van der Waals surface area contributed by atoms with E-state index >= 15 is 0 Å². The second kappa shape index (κ2) is 8.31. The van der Waals surface area contributed by atoms with Gasteiger partial charge in [0.25, 0.3) is 11.8 Å². The molecule has 0 aliphatic carbocycles. The van der Waals surface area contributed by atoms with Crippen molar-refractivity contribution in [3.63, 3.8) is 0 Å². The standard InChI is InChI=1S/C22H20N2O3S2/c1-22(2,3)17-10-8-16(9-11-17)19(26)23-24-20(27)18(29-21(24)28)12-14-4-6-15(13-25)7-5-14/h4-13H,1-3H3,(H,23,26). The Balaban J connectivity index is 1.73. The Bertz CT molecular complexity index is 1000. The Morgan fingerprint density at radius 3 is 2.17 bits per heavy atom. The molecule has 0 saturated carbocycles. The van der Waals surface area contributed by atoms with Gasteiger partial charge in [0.05, 0.1) is 4.91 Å². The minimum absolute atomic E-state index is 0.0122. The number of aldehydes is 1. The highest BCUT2D eigenvalue weighted by atomic mass is 32.2. The first-order chi connectivity index (χ1) is 13.7. The maximum absolute atomic E-state index is 12.7. The molecule has 29 heavy (non-hydrogen) atoms. The van der Waals surface area contributed by atoms with Crippen molar-refractivity contribution in [3.8, 4) is 0 Å². The molecule has 2 amide bonds. The van der Waals surface area contributed by atoms with Crippen LogP contribution in [0.25, 0.3) is 6.08 Å². The van der Waals surface area contributed by atoms with E-state index in [-0.39, 0.29) is 15.6 Å². The first-order valence-corrected chi connectivity index (χ1v) is 10.2. The normalized spacial score (nSPS) is 15.7. The molecule has 0 aromatic heterocycles. The molecular weight excluding hydrogens is 404 g/mol. The number of carbonyl (C=O) groups excluding carboxylic acids is 3. The number of hydrazine groups is 1. The van der Waals surface area contributed by atoms with E-state index in [0.29, 0.717) is 16.0 Å². The topological polar surface area (TPSA) is 66.5 Å². The number of carbonyl (C=O) groups is 3. The second-order valence-corrected chi connectivity index (χ2v) is 9.25. The Morgan fingerprint density at radius 2 is 1.62 bits per heavy atom. The number of benzene rings is 2. The van der Waals surface area contributed by atoms with Gasteiger partial charge < -0.3 is 0 Å². The van der Waals surface area contributed by atoms with Crippen molar-refractivity contribution < 1.29 is 14.4 Å². The highest BCUT2D eigenvalue weighted by molar-refractivity contribution is 8.26. The highest BCUT2D eigenvalue weighted by Gasteiger charge is 2.33. The van der Waals surface area contributed by atoms with Crippen LogP contribution in [0, 0.1) is 0 Å². The first-order valence-electron chi connectivity index (χ1n) is 8.94. The van der Waals surface area contributed by atoms with E-state index in [9.17, 15) is 14.4 Å². The van der Waals surface area contributed by atoms with Crippen molar-refractivity contribution in [1.29, 1.82) is 0 Å². The van der Waals surface area contributed by atoms with Crippen molar-refractivity contribution >= 4 is 52.5 Å². The van der Waals surface area contributed by atoms with E-state index < -0.39 is 5.91 Å². The Labute approximate surface area is 179 Å². The zero-order valence-corrected chi connectivity index (χ0v) is 17.9. The minimum atomic E-state index is -0.404. The fraction of sp³-hybridized carbons (Fsp3) is 0.182. The molecule has 1 aliphatic rings. The summed E-state index contributed by atoms with van der Waals surface area (Å²) in [7, 11) is 0. The molecule has 3 rings (SSSR count). The lowest BCUT2D eigenvalue weighted by molar-refractivity contribution is -0.123. The second-order valence-electron chi connectivity index (χ2n) is 7.57. The summed E-state index contributed by atoms with van der Waals surface area (Å²) < 4.78 is 0.255. The third-order valence-corrected chi connectivity index (χ3v) is 5.69. The molecule has 5 nitrogen and oxygen atoms in total. The average molecular weight is 425 g/mol. The minimum Gasteiger partial charge on any atom is -0.298 e. The molecule has 0 spiro atoms. The zero-order valence-electron chi connectivity index (χ0n) is 16.3. The molecule has 0 unspecified atom stereocenters. The number of nitrogens with zero attached hydrogens (tertiary/aromatic N) is 1. The molecular formula is C22H20N2O3S2. The van der Waals surface area contributed by atoms with E-state index in [0.717, 1.165) is 34.2 Å². The van der Waals surface area contributed by atoms with Crippen molar-refractivity contribution in [1.82, 2.24) is 10.4 Å². The molecule has 1 fully saturated rings. The molecule has 2 aromatic rings. The van der Waals surface area contributed by atoms with Crippen LogP contribution in [0.15, 0.2) is 53.4 Å². The summed E-state index contributed by atoms with van der Waals surface area (Å²) in [5, 5.41) is 1.09. The van der Waals surface area contributed by atoms with Crippen LogP contribution in [0.2, 0.25) is 0 Å². The zero-order chi connectivity index (χ0) is 21.2. The van der Waals surface area contributed by atoms with Crippen LogP contribution in [-0.4, -0.2) is 27.4 Å². The summed E-state index contributed by atoms with van der Waals surface area (Å²) in [6.07, 6.45) is 2.44. The predicted octanol–water partition coefficient (Wildman–Crippen LogP) is 4.34. The number of thiocarbonyl (C=S) groups is 1. The van der Waals surface area contributed by atoms with Gasteiger partial charge in [-0.25, -0.2) is 0 Å². The number of thioether (sulfide) groups is 1. The smallest absolute Gasteiger partial charge is 0.285 e. The summed E-state index contributed by atoms with van der Waals surface area (Å²) in [4.78, 5) is 36.4. The van der Waals surface area contributed by atoms with Crippen molar-refractivity contribution in [2.75, 3.05) is 0 Å². The SMILES string of the molecule is CC(C)(C)c1ccc(C(=O)NN2C(=O)C(=Cc3ccc(C=O)cc3)SC2=S)cc1. The number of hydrogen-bond acceptors (Lipinski definition) is 5. The van der Waals surface area contributed by atoms with E-state index in [1.54, 1.807) is 42.5 Å². The van der Waals surface area contributed by atoms with Gasteiger partial charge in [-0.05, 0) is 47.0 Å². The van der Waals surface area contributed by atoms with Crippen LogP contribution < -0.4 is 5.43 Å². The van der Waals surface area contributed by atoms with Gasteiger partial charge >= 0.3 is 0 Å². The van der Waals surface area contributed by atoms with Gasteiger partial charge in [0.1, 0.15) is 6.29 Å². The van der Waals surface area contributed by atoms with Gasteiger partial charge in [-0.1, -0.05) is 68.9 Å². The maximum atomic E-state index is 12.7. The molecule has 7 heteroatoms. The summed E-state index contributed by atoms with van der Waals surface area (Å²) in [5.41, 5.74) is 5.45. The first kappa shape index (κ1) is 21.0. The van der Waals surface area contributed by atoms with Gasteiger partial charge in [-0.15, -0.1) is 0 Å². The molecule has 1 saturated heterocycles. The van der Waals surface area contributed by atoms with Crippen LogP contribution in [0.4, 0.5) is 0 Å². The van der Waals surface area contributed by atoms with Crippen LogP contribution in [-0.2, 0) is 10.2 Å². The van der Waals surface area contributed by atoms with Crippen molar-refractivity contribution in [2.45, 2.75) is 26.2 Å². The predicted molar refractivity (Wildman–Crippen MR) is 119 cm³/mol. The lowest BCUT2D eigenvalue weighted by Crippen LogP contribution is -2.44. The lowest BCUT2D eigenvalue weighted by Gasteiger charge is -2.19. The molecule has 1 aliphatic heterocycles. The highest BCUT2D eigenvalue weighted by Crippen LogP contribution is 2.31. The van der Waals surface area contributed by atoms with Gasteiger partial charge in [-0.2, -0.15) is 5.01 Å². The van der Waals surface area contributed by atoms with Crippen LogP contribution >= 0.6 is 24.0 Å². The molecule has 0 radical (unpaired) electrons. The number of hydrogen-bond donors (Lipinski definition) is 1. The number of rotatable bonds is 4.